The predicted octanol–water partition coefficient (Wildman–Crippen LogP) is 2.97. The van der Waals surface area contributed by atoms with Crippen molar-refractivity contribution < 1.29 is 14.3 Å². The van der Waals surface area contributed by atoms with Gasteiger partial charge in [-0.15, -0.1) is 0 Å². The lowest BCUT2D eigenvalue weighted by Gasteiger charge is -2.25. The molecule has 0 fully saturated rings. The molecule has 2 amide bonds. The molecule has 0 bridgehead atoms. The number of halogens is 1. The molecule has 0 unspecified atom stereocenters. The van der Waals surface area contributed by atoms with Gasteiger partial charge in [-0.1, -0.05) is 29.0 Å². The van der Waals surface area contributed by atoms with Gasteiger partial charge in [-0.05, 0) is 18.2 Å². The van der Waals surface area contributed by atoms with Gasteiger partial charge < -0.3 is 10.1 Å². The topological polar surface area (TPSA) is 83.6 Å². The summed E-state index contributed by atoms with van der Waals surface area (Å²) in [5.74, 6) is -0.0943. The van der Waals surface area contributed by atoms with Crippen molar-refractivity contribution in [2.24, 2.45) is 0 Å². The van der Waals surface area contributed by atoms with Gasteiger partial charge in [-0.25, -0.2) is 9.78 Å². The number of carbonyl (C=O) groups is 2. The summed E-state index contributed by atoms with van der Waals surface area (Å²) < 4.78 is 4.57. The Balaban J connectivity index is 1.57. The number of amides is 2. The molecule has 0 radical (unpaired) electrons. The van der Waals surface area contributed by atoms with Crippen molar-refractivity contribution in [2.45, 2.75) is 13.0 Å². The Morgan fingerprint density at radius 2 is 2.24 bits per heavy atom. The van der Waals surface area contributed by atoms with Crippen LogP contribution in [0.1, 0.15) is 10.6 Å². The first-order valence-corrected chi connectivity index (χ1v) is 8.84. The van der Waals surface area contributed by atoms with E-state index < -0.39 is 6.09 Å². The molecule has 0 spiro atoms. The molecule has 132 valence electrons. The first-order valence-electron chi connectivity index (χ1n) is 7.65. The third-order valence-electron chi connectivity index (χ3n) is 3.68. The smallest absolute Gasteiger partial charge is 0.413 e. The summed E-state index contributed by atoms with van der Waals surface area (Å²) in [6, 6.07) is 7.05. The second-order valence-corrected chi connectivity index (χ2v) is 7.04. The monoisotopic (exact) mass is 380 g/mol. The summed E-state index contributed by atoms with van der Waals surface area (Å²) in [5, 5.41) is 6.52. The van der Waals surface area contributed by atoms with Crippen molar-refractivity contribution >= 4 is 45.8 Å². The SMILES string of the molecule is COC(=O)Nc1nc2c(s1)CN(CC(=O)Nc1cccc(Cl)c1)CC2. The molecule has 1 aliphatic rings. The third kappa shape index (κ3) is 4.68. The molecule has 25 heavy (non-hydrogen) atoms. The minimum absolute atomic E-state index is 0.0943. The molecule has 1 aromatic heterocycles. The summed E-state index contributed by atoms with van der Waals surface area (Å²) in [5.41, 5.74) is 1.64. The van der Waals surface area contributed by atoms with Crippen LogP contribution in [0.3, 0.4) is 0 Å². The number of hydrogen-bond donors (Lipinski definition) is 2. The number of nitrogens with zero attached hydrogens (tertiary/aromatic N) is 2. The molecule has 0 atom stereocenters. The van der Waals surface area contributed by atoms with E-state index in [9.17, 15) is 9.59 Å². The van der Waals surface area contributed by atoms with Gasteiger partial charge in [0.25, 0.3) is 0 Å². The summed E-state index contributed by atoms with van der Waals surface area (Å²) in [6.07, 6.45) is 0.197. The van der Waals surface area contributed by atoms with Crippen LogP contribution in [0.15, 0.2) is 24.3 Å². The van der Waals surface area contributed by atoms with E-state index in [4.69, 9.17) is 11.6 Å². The number of anilines is 2. The minimum Gasteiger partial charge on any atom is -0.453 e. The first kappa shape index (κ1) is 17.7. The fourth-order valence-corrected chi connectivity index (χ4v) is 3.77. The first-order chi connectivity index (χ1) is 12.0. The number of hydrogen-bond acceptors (Lipinski definition) is 6. The highest BCUT2D eigenvalue weighted by Crippen LogP contribution is 2.28. The Bertz CT molecular complexity index is 795. The lowest BCUT2D eigenvalue weighted by atomic mass is 10.2. The van der Waals surface area contributed by atoms with Crippen LogP contribution < -0.4 is 10.6 Å². The van der Waals surface area contributed by atoms with Gasteiger partial charge in [0.1, 0.15) is 0 Å². The Morgan fingerprint density at radius 1 is 1.40 bits per heavy atom. The highest BCUT2D eigenvalue weighted by Gasteiger charge is 2.23. The quantitative estimate of drug-likeness (QED) is 0.851. The lowest BCUT2D eigenvalue weighted by Crippen LogP contribution is -2.36. The van der Waals surface area contributed by atoms with Crippen molar-refractivity contribution in [3.05, 3.63) is 39.9 Å². The zero-order valence-corrected chi connectivity index (χ0v) is 15.1. The van der Waals surface area contributed by atoms with Crippen LogP contribution in [0.2, 0.25) is 5.02 Å². The van der Waals surface area contributed by atoms with Crippen LogP contribution in [-0.4, -0.2) is 42.1 Å². The summed E-state index contributed by atoms with van der Waals surface area (Å²) in [4.78, 5) is 31.0. The number of aromatic nitrogens is 1. The molecule has 3 rings (SSSR count). The van der Waals surface area contributed by atoms with E-state index in [1.165, 1.54) is 18.4 Å². The van der Waals surface area contributed by atoms with Crippen molar-refractivity contribution in [1.82, 2.24) is 9.88 Å². The van der Waals surface area contributed by atoms with E-state index in [1.54, 1.807) is 24.3 Å². The van der Waals surface area contributed by atoms with Gasteiger partial charge >= 0.3 is 6.09 Å². The Hall–Kier alpha value is -2.16. The van der Waals surface area contributed by atoms with Gasteiger partial charge in [-0.3, -0.25) is 15.0 Å². The maximum atomic E-state index is 12.2. The van der Waals surface area contributed by atoms with Crippen LogP contribution in [0.4, 0.5) is 15.6 Å². The Labute approximate surface area is 153 Å². The van der Waals surface area contributed by atoms with Crippen LogP contribution in [-0.2, 0) is 22.5 Å². The third-order valence-corrected chi connectivity index (χ3v) is 4.91. The highest BCUT2D eigenvalue weighted by atomic mass is 35.5. The Morgan fingerprint density at radius 3 is 3.00 bits per heavy atom. The van der Waals surface area contributed by atoms with E-state index in [0.29, 0.717) is 22.4 Å². The number of carbonyl (C=O) groups excluding carboxylic acids is 2. The van der Waals surface area contributed by atoms with E-state index in [1.807, 2.05) is 4.90 Å². The molecular weight excluding hydrogens is 364 g/mol. The van der Waals surface area contributed by atoms with Gasteiger partial charge in [-0.2, -0.15) is 0 Å². The molecule has 1 aliphatic heterocycles. The molecule has 7 nitrogen and oxygen atoms in total. The molecule has 9 heteroatoms. The number of ether oxygens (including phenoxy) is 1. The second-order valence-electron chi connectivity index (χ2n) is 5.52. The summed E-state index contributed by atoms with van der Waals surface area (Å²) in [6.45, 7) is 1.64. The van der Waals surface area contributed by atoms with Crippen molar-refractivity contribution in [2.75, 3.05) is 30.8 Å². The van der Waals surface area contributed by atoms with E-state index in [2.05, 4.69) is 20.4 Å². The van der Waals surface area contributed by atoms with E-state index in [-0.39, 0.29) is 12.5 Å². The van der Waals surface area contributed by atoms with Gasteiger partial charge in [0.2, 0.25) is 5.91 Å². The van der Waals surface area contributed by atoms with Gasteiger partial charge in [0.15, 0.2) is 5.13 Å². The normalized spacial score (nSPS) is 13.8. The van der Waals surface area contributed by atoms with Crippen molar-refractivity contribution in [3.8, 4) is 0 Å². The zero-order valence-electron chi connectivity index (χ0n) is 13.5. The minimum atomic E-state index is -0.538. The molecule has 2 heterocycles. The lowest BCUT2D eigenvalue weighted by molar-refractivity contribution is -0.117. The van der Waals surface area contributed by atoms with Crippen LogP contribution in [0.25, 0.3) is 0 Å². The van der Waals surface area contributed by atoms with Gasteiger partial charge in [0, 0.05) is 35.1 Å². The fourth-order valence-electron chi connectivity index (χ4n) is 2.54. The maximum Gasteiger partial charge on any atom is 0.413 e. The van der Waals surface area contributed by atoms with Gasteiger partial charge in [0.05, 0.1) is 19.3 Å². The average molecular weight is 381 g/mol. The van der Waals surface area contributed by atoms with E-state index >= 15 is 0 Å². The molecule has 1 aromatic carbocycles. The molecular formula is C16H17ClN4O3S. The van der Waals surface area contributed by atoms with E-state index in [0.717, 1.165) is 23.5 Å². The number of methoxy groups -OCH3 is 1. The zero-order chi connectivity index (χ0) is 17.8. The average Bonchev–Trinajstić information content (AvgIpc) is 2.96. The fraction of sp³-hybridized carbons (Fsp3) is 0.312. The molecule has 0 saturated heterocycles. The molecule has 2 N–H and O–H groups in total. The second kappa shape index (κ2) is 7.81. The molecule has 0 aliphatic carbocycles. The maximum absolute atomic E-state index is 12.2. The largest absolute Gasteiger partial charge is 0.453 e. The number of benzene rings is 1. The molecule has 2 aromatic rings. The Kier molecular flexibility index (Phi) is 5.52. The summed E-state index contributed by atoms with van der Waals surface area (Å²) >= 11 is 7.32. The van der Waals surface area contributed by atoms with Crippen LogP contribution >= 0.6 is 22.9 Å². The number of rotatable bonds is 4. The summed E-state index contributed by atoms with van der Waals surface area (Å²) in [7, 11) is 1.31. The van der Waals surface area contributed by atoms with Crippen LogP contribution in [0.5, 0.6) is 0 Å². The standard InChI is InChI=1S/C16H17ClN4O3S/c1-24-16(23)20-15-19-12-5-6-21(8-13(12)25-15)9-14(22)18-11-4-2-3-10(17)7-11/h2-4,7H,5-6,8-9H2,1H3,(H,18,22)(H,19,20,23). The van der Waals surface area contributed by atoms with Crippen molar-refractivity contribution in [3.63, 3.8) is 0 Å². The van der Waals surface area contributed by atoms with Crippen LogP contribution in [0, 0.1) is 0 Å². The highest BCUT2D eigenvalue weighted by molar-refractivity contribution is 7.15. The molecule has 0 saturated carbocycles. The number of nitrogens with one attached hydrogen (secondary N) is 2. The number of thiazole rings is 1. The predicted molar refractivity (Wildman–Crippen MR) is 97.2 cm³/mol. The number of fused-ring (bicyclic) bond motifs is 1. The van der Waals surface area contributed by atoms with Crippen molar-refractivity contribution in [1.29, 1.82) is 0 Å².